The predicted octanol–water partition coefficient (Wildman–Crippen LogP) is 3.68. The number of carbonyl (C=O) groups is 1. The normalized spacial score (nSPS) is 12.3. The van der Waals surface area contributed by atoms with Gasteiger partial charge in [-0.2, -0.15) is 0 Å². The Kier molecular flexibility index (Phi) is 5.49. The summed E-state index contributed by atoms with van der Waals surface area (Å²) in [5.41, 5.74) is -0.866. The molecule has 1 atom stereocenters. The number of sulfone groups is 1. The number of carbonyl (C=O) groups excluding carboxylic acids is 1. The van der Waals surface area contributed by atoms with E-state index in [-0.39, 0.29) is 11.3 Å². The highest BCUT2D eigenvalue weighted by molar-refractivity contribution is 7.92. The zero-order valence-electron chi connectivity index (χ0n) is 14.0. The molecule has 0 spiro atoms. The minimum atomic E-state index is -3.99. The first-order valence-corrected chi connectivity index (χ1v) is 9.69. The van der Waals surface area contributed by atoms with Gasteiger partial charge < -0.3 is 4.74 Å². The second kappa shape index (κ2) is 7.97. The molecule has 0 saturated carbocycles. The monoisotopic (exact) mass is 366 g/mol. The molecule has 3 rings (SSSR count). The van der Waals surface area contributed by atoms with Gasteiger partial charge in [-0.3, -0.25) is 4.79 Å². The maximum Gasteiger partial charge on any atom is 0.261 e. The molecule has 0 N–H and O–H groups in total. The number of ketones is 1. The number of rotatable bonds is 7. The molecule has 4 nitrogen and oxygen atoms in total. The van der Waals surface area contributed by atoms with Crippen LogP contribution in [0.5, 0.6) is 5.75 Å². The Morgan fingerprint density at radius 2 is 1.27 bits per heavy atom. The van der Waals surface area contributed by atoms with Crippen LogP contribution in [-0.2, 0) is 21.1 Å². The van der Waals surface area contributed by atoms with Gasteiger partial charge in [0.05, 0.1) is 4.90 Å². The lowest BCUT2D eigenvalue weighted by Gasteiger charge is -2.19. The number of benzene rings is 3. The zero-order chi connectivity index (χ0) is 18.4. The van der Waals surface area contributed by atoms with Crippen LogP contribution in [0.2, 0.25) is 0 Å². The summed E-state index contributed by atoms with van der Waals surface area (Å²) < 4.78 is 31.7. The third kappa shape index (κ3) is 4.18. The van der Waals surface area contributed by atoms with Gasteiger partial charge >= 0.3 is 0 Å². The molecule has 0 aliphatic heterocycles. The van der Waals surface area contributed by atoms with Gasteiger partial charge in [-0.15, -0.1) is 0 Å². The second-order valence-electron chi connectivity index (χ2n) is 5.75. The van der Waals surface area contributed by atoms with Crippen molar-refractivity contribution in [3.8, 4) is 5.75 Å². The Morgan fingerprint density at radius 1 is 0.769 bits per heavy atom. The predicted molar refractivity (Wildman–Crippen MR) is 99.6 cm³/mol. The molecule has 1 unspecified atom stereocenters. The van der Waals surface area contributed by atoms with Crippen molar-refractivity contribution in [3.05, 3.63) is 96.6 Å². The molecule has 0 amide bonds. The van der Waals surface area contributed by atoms with Crippen LogP contribution < -0.4 is 4.74 Å². The zero-order valence-corrected chi connectivity index (χ0v) is 14.8. The quantitative estimate of drug-likeness (QED) is 0.640. The van der Waals surface area contributed by atoms with E-state index in [1.54, 1.807) is 72.8 Å². The van der Waals surface area contributed by atoms with E-state index >= 15 is 0 Å². The fourth-order valence-corrected chi connectivity index (χ4v) is 3.99. The van der Waals surface area contributed by atoms with E-state index in [0.29, 0.717) is 5.75 Å². The molecular weight excluding hydrogens is 348 g/mol. The standard InChI is InChI=1S/C21H18O4S/c22-20(16-17-10-4-1-5-11-17)21(25-18-12-6-2-7-13-18)26(23,24)19-14-8-3-9-15-19/h1-15,21H,16H2. The van der Waals surface area contributed by atoms with Crippen LogP contribution in [0.15, 0.2) is 95.9 Å². The summed E-state index contributed by atoms with van der Waals surface area (Å²) in [5, 5.41) is 0. The van der Waals surface area contributed by atoms with Gasteiger partial charge in [0.2, 0.25) is 9.84 Å². The van der Waals surface area contributed by atoms with Crippen LogP contribution in [0.4, 0.5) is 0 Å². The fourth-order valence-electron chi connectivity index (χ4n) is 2.54. The maximum atomic E-state index is 13.0. The lowest BCUT2D eigenvalue weighted by molar-refractivity contribution is -0.121. The average Bonchev–Trinajstić information content (AvgIpc) is 2.68. The van der Waals surface area contributed by atoms with E-state index < -0.39 is 21.1 Å². The van der Waals surface area contributed by atoms with Gasteiger partial charge in [0.15, 0.2) is 5.78 Å². The molecule has 0 aliphatic rings. The molecule has 3 aromatic rings. The highest BCUT2D eigenvalue weighted by Gasteiger charge is 2.35. The Bertz CT molecular complexity index is 953. The van der Waals surface area contributed by atoms with Crippen molar-refractivity contribution in [1.29, 1.82) is 0 Å². The third-order valence-electron chi connectivity index (χ3n) is 3.82. The lowest BCUT2D eigenvalue weighted by Crippen LogP contribution is -2.37. The van der Waals surface area contributed by atoms with Crippen molar-refractivity contribution in [1.82, 2.24) is 0 Å². The SMILES string of the molecule is O=C(Cc1ccccc1)C(Oc1ccccc1)S(=O)(=O)c1ccccc1. The maximum absolute atomic E-state index is 13.0. The van der Waals surface area contributed by atoms with Gasteiger partial charge in [0.25, 0.3) is 5.44 Å². The van der Waals surface area contributed by atoms with E-state index in [4.69, 9.17) is 4.74 Å². The molecule has 0 saturated heterocycles. The van der Waals surface area contributed by atoms with Crippen LogP contribution in [0.3, 0.4) is 0 Å². The van der Waals surface area contributed by atoms with Gasteiger partial charge in [-0.25, -0.2) is 8.42 Å². The van der Waals surface area contributed by atoms with Crippen LogP contribution in [0.25, 0.3) is 0 Å². The molecule has 0 bridgehead atoms. The summed E-state index contributed by atoms with van der Waals surface area (Å²) in [4.78, 5) is 12.9. The summed E-state index contributed by atoms with van der Waals surface area (Å²) in [5.74, 6) is -0.178. The van der Waals surface area contributed by atoms with Crippen molar-refractivity contribution in [3.63, 3.8) is 0 Å². The second-order valence-corrected chi connectivity index (χ2v) is 7.74. The van der Waals surface area contributed by atoms with Crippen molar-refractivity contribution >= 4 is 15.6 Å². The molecule has 0 aromatic heterocycles. The molecule has 0 radical (unpaired) electrons. The molecule has 3 aromatic carbocycles. The molecule has 0 fully saturated rings. The van der Waals surface area contributed by atoms with E-state index in [1.807, 2.05) is 6.07 Å². The molecule has 26 heavy (non-hydrogen) atoms. The smallest absolute Gasteiger partial charge is 0.261 e. The first kappa shape index (κ1) is 17.9. The lowest BCUT2D eigenvalue weighted by atomic mass is 10.1. The number of hydrogen-bond acceptors (Lipinski definition) is 4. The van der Waals surface area contributed by atoms with E-state index in [1.165, 1.54) is 12.1 Å². The first-order valence-electron chi connectivity index (χ1n) is 8.14. The number of ether oxygens (including phenoxy) is 1. The van der Waals surface area contributed by atoms with Crippen molar-refractivity contribution in [2.75, 3.05) is 0 Å². The highest BCUT2D eigenvalue weighted by Crippen LogP contribution is 2.22. The van der Waals surface area contributed by atoms with Crippen LogP contribution >= 0.6 is 0 Å². The van der Waals surface area contributed by atoms with Crippen molar-refractivity contribution in [2.45, 2.75) is 16.8 Å². The molecular formula is C21H18O4S. The Hall–Kier alpha value is -2.92. The van der Waals surface area contributed by atoms with Gasteiger partial charge in [-0.1, -0.05) is 66.7 Å². The summed E-state index contributed by atoms with van der Waals surface area (Å²) in [6, 6.07) is 25.4. The summed E-state index contributed by atoms with van der Waals surface area (Å²) >= 11 is 0. The fraction of sp³-hybridized carbons (Fsp3) is 0.0952. The van der Waals surface area contributed by atoms with Crippen LogP contribution in [0, 0.1) is 0 Å². The van der Waals surface area contributed by atoms with Crippen molar-refractivity contribution < 1.29 is 17.9 Å². The molecule has 132 valence electrons. The summed E-state index contributed by atoms with van der Waals surface area (Å²) in [7, 11) is -3.99. The van der Waals surface area contributed by atoms with Gasteiger partial charge in [-0.05, 0) is 29.8 Å². The third-order valence-corrected chi connectivity index (χ3v) is 5.68. The molecule has 5 heteroatoms. The Labute approximate surface area is 153 Å². The van der Waals surface area contributed by atoms with Gasteiger partial charge in [0, 0.05) is 6.42 Å². The number of para-hydroxylation sites is 1. The Balaban J connectivity index is 1.95. The first-order chi connectivity index (χ1) is 12.6. The molecule has 0 heterocycles. The van der Waals surface area contributed by atoms with E-state index in [2.05, 4.69) is 0 Å². The van der Waals surface area contributed by atoms with E-state index in [9.17, 15) is 13.2 Å². The summed E-state index contributed by atoms with van der Waals surface area (Å²) in [6.07, 6.45) is -0.0234. The largest absolute Gasteiger partial charge is 0.466 e. The van der Waals surface area contributed by atoms with Crippen molar-refractivity contribution in [2.24, 2.45) is 0 Å². The van der Waals surface area contributed by atoms with E-state index in [0.717, 1.165) is 5.56 Å². The number of Topliss-reactive ketones (excluding diaryl/α,β-unsaturated/α-hetero) is 1. The molecule has 0 aliphatic carbocycles. The van der Waals surface area contributed by atoms with Crippen LogP contribution in [-0.4, -0.2) is 19.6 Å². The average molecular weight is 366 g/mol. The topological polar surface area (TPSA) is 60.4 Å². The minimum Gasteiger partial charge on any atom is -0.466 e. The van der Waals surface area contributed by atoms with Crippen LogP contribution in [0.1, 0.15) is 5.56 Å². The highest BCUT2D eigenvalue weighted by atomic mass is 32.2. The van der Waals surface area contributed by atoms with Gasteiger partial charge in [0.1, 0.15) is 5.75 Å². The minimum absolute atomic E-state index is 0.0234. The Morgan fingerprint density at radius 3 is 1.85 bits per heavy atom. The summed E-state index contributed by atoms with van der Waals surface area (Å²) in [6.45, 7) is 0. The number of hydrogen-bond donors (Lipinski definition) is 0.